The zero-order chi connectivity index (χ0) is 15.8. The van der Waals surface area contributed by atoms with Gasteiger partial charge in [-0.3, -0.25) is 9.59 Å². The van der Waals surface area contributed by atoms with E-state index in [1.807, 2.05) is 0 Å². The number of H-pyrrole nitrogens is 1. The van der Waals surface area contributed by atoms with E-state index in [0.29, 0.717) is 4.57 Å². The SMILES string of the molecule is CC(=O)c1c[nH]c(=O)n(-c2cccc(S(N)(=O)=O)c2)c1=O. The fraction of sp³-hybridized carbons (Fsp3) is 0.0833. The molecule has 0 bridgehead atoms. The highest BCUT2D eigenvalue weighted by atomic mass is 32.2. The Kier molecular flexibility index (Phi) is 3.62. The number of carbonyl (C=O) groups excluding carboxylic acids is 1. The number of primary sulfonamides is 1. The minimum absolute atomic E-state index is 0.00382. The third-order valence-corrected chi connectivity index (χ3v) is 3.67. The summed E-state index contributed by atoms with van der Waals surface area (Å²) < 4.78 is 23.3. The minimum atomic E-state index is -3.98. The number of carbonyl (C=O) groups is 1. The highest BCUT2D eigenvalue weighted by molar-refractivity contribution is 7.89. The number of nitrogens with one attached hydrogen (secondary N) is 1. The number of hydrogen-bond donors (Lipinski definition) is 2. The summed E-state index contributed by atoms with van der Waals surface area (Å²) in [6.45, 7) is 1.18. The number of ketones is 1. The lowest BCUT2D eigenvalue weighted by Crippen LogP contribution is -2.36. The molecule has 21 heavy (non-hydrogen) atoms. The summed E-state index contributed by atoms with van der Waals surface area (Å²) in [5, 5.41) is 5.00. The van der Waals surface area contributed by atoms with Crippen LogP contribution in [-0.4, -0.2) is 23.8 Å². The maximum absolute atomic E-state index is 12.1. The molecule has 0 saturated heterocycles. The lowest BCUT2D eigenvalue weighted by atomic mass is 10.2. The van der Waals surface area contributed by atoms with Crippen LogP contribution in [0.15, 0.2) is 44.9 Å². The predicted molar refractivity (Wildman–Crippen MR) is 74.0 cm³/mol. The fourth-order valence-electron chi connectivity index (χ4n) is 1.76. The van der Waals surface area contributed by atoms with Gasteiger partial charge in [-0.2, -0.15) is 0 Å². The van der Waals surface area contributed by atoms with E-state index in [1.165, 1.54) is 25.1 Å². The van der Waals surface area contributed by atoms with Crippen molar-refractivity contribution in [1.29, 1.82) is 0 Å². The highest BCUT2D eigenvalue weighted by Gasteiger charge is 2.14. The van der Waals surface area contributed by atoms with Crippen LogP contribution in [0.1, 0.15) is 17.3 Å². The molecule has 110 valence electrons. The van der Waals surface area contributed by atoms with Crippen molar-refractivity contribution in [2.24, 2.45) is 5.14 Å². The molecular weight excluding hydrogens is 298 g/mol. The Morgan fingerprint density at radius 1 is 1.29 bits per heavy atom. The lowest BCUT2D eigenvalue weighted by Gasteiger charge is -2.07. The van der Waals surface area contributed by atoms with Gasteiger partial charge in [0.15, 0.2) is 5.78 Å². The number of hydrogen-bond acceptors (Lipinski definition) is 5. The number of aromatic amines is 1. The van der Waals surface area contributed by atoms with E-state index < -0.39 is 27.1 Å². The van der Waals surface area contributed by atoms with E-state index in [9.17, 15) is 22.8 Å². The molecule has 0 aliphatic heterocycles. The number of benzene rings is 1. The number of Topliss-reactive ketones (excluding diaryl/α,β-unsaturated/α-hetero) is 1. The van der Waals surface area contributed by atoms with Crippen LogP contribution in [0.3, 0.4) is 0 Å². The zero-order valence-electron chi connectivity index (χ0n) is 10.9. The van der Waals surface area contributed by atoms with Crippen LogP contribution >= 0.6 is 0 Å². The molecule has 3 N–H and O–H groups in total. The maximum atomic E-state index is 12.1. The number of rotatable bonds is 3. The van der Waals surface area contributed by atoms with Gasteiger partial charge < -0.3 is 4.98 Å². The Morgan fingerprint density at radius 3 is 2.52 bits per heavy atom. The molecule has 0 fully saturated rings. The van der Waals surface area contributed by atoms with Crippen molar-refractivity contribution in [2.75, 3.05) is 0 Å². The molecule has 2 aromatic rings. The largest absolute Gasteiger partial charge is 0.333 e. The van der Waals surface area contributed by atoms with Gasteiger partial charge in [0.05, 0.1) is 16.1 Å². The van der Waals surface area contributed by atoms with Gasteiger partial charge >= 0.3 is 5.69 Å². The summed E-state index contributed by atoms with van der Waals surface area (Å²) in [4.78, 5) is 37.3. The van der Waals surface area contributed by atoms with E-state index in [1.54, 1.807) is 0 Å². The summed E-state index contributed by atoms with van der Waals surface area (Å²) in [6.07, 6.45) is 1.02. The molecule has 0 amide bonds. The molecule has 1 aromatic heterocycles. The normalized spacial score (nSPS) is 11.3. The smallest absolute Gasteiger partial charge is 0.313 e. The van der Waals surface area contributed by atoms with Gasteiger partial charge in [0, 0.05) is 6.20 Å². The summed E-state index contributed by atoms with van der Waals surface area (Å²) in [7, 11) is -3.98. The Labute approximate surface area is 118 Å². The molecule has 0 unspecified atom stereocenters. The van der Waals surface area contributed by atoms with Gasteiger partial charge in [-0.15, -0.1) is 0 Å². The van der Waals surface area contributed by atoms with Crippen LogP contribution in [0, 0.1) is 0 Å². The maximum Gasteiger partial charge on any atom is 0.333 e. The van der Waals surface area contributed by atoms with Crippen molar-refractivity contribution < 1.29 is 13.2 Å². The second-order valence-corrected chi connectivity index (χ2v) is 5.81. The number of nitrogens with two attached hydrogens (primary N) is 1. The van der Waals surface area contributed by atoms with Crippen molar-refractivity contribution in [2.45, 2.75) is 11.8 Å². The van der Waals surface area contributed by atoms with Crippen LogP contribution in [0.5, 0.6) is 0 Å². The van der Waals surface area contributed by atoms with Crippen molar-refractivity contribution in [3.63, 3.8) is 0 Å². The quantitative estimate of drug-likeness (QED) is 0.729. The van der Waals surface area contributed by atoms with E-state index in [4.69, 9.17) is 5.14 Å². The summed E-state index contributed by atoms with van der Waals surface area (Å²) in [6, 6.07) is 5.00. The van der Waals surface area contributed by atoms with Gasteiger partial charge in [-0.25, -0.2) is 22.9 Å². The Morgan fingerprint density at radius 2 is 1.95 bits per heavy atom. The van der Waals surface area contributed by atoms with Crippen LogP contribution in [0.4, 0.5) is 0 Å². The van der Waals surface area contributed by atoms with Crippen LogP contribution in [-0.2, 0) is 10.0 Å². The molecular formula is C12H11N3O5S. The summed E-state index contributed by atoms with van der Waals surface area (Å²) >= 11 is 0. The Bertz CT molecular complexity index is 940. The van der Waals surface area contributed by atoms with Gasteiger partial charge in [0.25, 0.3) is 5.56 Å². The van der Waals surface area contributed by atoms with Crippen molar-refractivity contribution in [1.82, 2.24) is 9.55 Å². The van der Waals surface area contributed by atoms with E-state index in [2.05, 4.69) is 4.98 Å². The second kappa shape index (κ2) is 5.11. The van der Waals surface area contributed by atoms with Crippen molar-refractivity contribution in [3.8, 4) is 5.69 Å². The molecule has 1 heterocycles. The van der Waals surface area contributed by atoms with E-state index in [-0.39, 0.29) is 16.1 Å². The monoisotopic (exact) mass is 309 g/mol. The highest BCUT2D eigenvalue weighted by Crippen LogP contribution is 2.11. The minimum Gasteiger partial charge on any atom is -0.313 e. The molecule has 8 nitrogen and oxygen atoms in total. The first-order valence-corrected chi connectivity index (χ1v) is 7.25. The third kappa shape index (κ3) is 2.83. The van der Waals surface area contributed by atoms with Crippen LogP contribution in [0.25, 0.3) is 5.69 Å². The molecule has 1 aromatic carbocycles. The molecule has 0 aliphatic rings. The van der Waals surface area contributed by atoms with E-state index >= 15 is 0 Å². The molecule has 9 heteroatoms. The molecule has 2 rings (SSSR count). The first kappa shape index (κ1) is 14.9. The first-order chi connectivity index (χ1) is 9.71. The number of aromatic nitrogens is 2. The number of nitrogens with zero attached hydrogens (tertiary/aromatic N) is 1. The van der Waals surface area contributed by atoms with Gasteiger partial charge in [0.2, 0.25) is 10.0 Å². The molecule has 0 radical (unpaired) electrons. The van der Waals surface area contributed by atoms with Gasteiger partial charge in [-0.05, 0) is 25.1 Å². The fourth-order valence-corrected chi connectivity index (χ4v) is 2.31. The predicted octanol–water partition coefficient (Wildman–Crippen LogP) is -0.624. The molecule has 0 aliphatic carbocycles. The van der Waals surface area contributed by atoms with Gasteiger partial charge in [-0.1, -0.05) is 6.07 Å². The Balaban J connectivity index is 2.80. The lowest BCUT2D eigenvalue weighted by molar-refractivity contribution is 0.101. The van der Waals surface area contributed by atoms with Crippen molar-refractivity contribution >= 4 is 15.8 Å². The van der Waals surface area contributed by atoms with Crippen LogP contribution in [0.2, 0.25) is 0 Å². The molecule has 0 spiro atoms. The first-order valence-electron chi connectivity index (χ1n) is 5.71. The topological polar surface area (TPSA) is 132 Å². The van der Waals surface area contributed by atoms with E-state index in [0.717, 1.165) is 12.3 Å². The zero-order valence-corrected chi connectivity index (χ0v) is 11.7. The number of sulfonamides is 1. The second-order valence-electron chi connectivity index (χ2n) is 4.25. The summed E-state index contributed by atoms with van der Waals surface area (Å²) in [5.74, 6) is -0.521. The summed E-state index contributed by atoms with van der Waals surface area (Å²) in [5.41, 5.74) is -1.85. The average Bonchev–Trinajstić information content (AvgIpc) is 2.37. The van der Waals surface area contributed by atoms with Gasteiger partial charge in [0.1, 0.15) is 0 Å². The molecule has 0 atom stereocenters. The average molecular weight is 309 g/mol. The Hall–Kier alpha value is -2.52. The molecule has 0 saturated carbocycles. The standard InChI is InChI=1S/C12H11N3O5S/c1-7(16)10-6-14-12(18)15(11(10)17)8-3-2-4-9(5-8)21(13,19)20/h2-6H,1H3,(H,14,18)(H2,13,19,20). The third-order valence-electron chi connectivity index (χ3n) is 2.76. The van der Waals surface area contributed by atoms with Crippen molar-refractivity contribution in [3.05, 3.63) is 56.9 Å². The van der Waals surface area contributed by atoms with Crippen LogP contribution < -0.4 is 16.4 Å².